The van der Waals surface area contributed by atoms with Gasteiger partial charge in [-0.1, -0.05) is 0 Å². The van der Waals surface area contributed by atoms with Gasteiger partial charge in [-0.3, -0.25) is 32.5 Å². The van der Waals surface area contributed by atoms with E-state index < -0.39 is 90.0 Å². The Morgan fingerprint density at radius 3 is 2.33 bits per heavy atom. The number of anilines is 2. The van der Waals surface area contributed by atoms with Gasteiger partial charge in [-0.25, -0.2) is 14.5 Å². The number of fused-ring (bicyclic) bond motifs is 2. The van der Waals surface area contributed by atoms with Gasteiger partial charge < -0.3 is 50.6 Å². The van der Waals surface area contributed by atoms with Crippen LogP contribution in [0.25, 0.3) is 22.3 Å². The van der Waals surface area contributed by atoms with E-state index >= 15 is 0 Å². The Kier molecular flexibility index (Phi) is 8.64. The molecule has 0 saturated carbocycles. The molecule has 4 aromatic rings. The van der Waals surface area contributed by atoms with Gasteiger partial charge in [0.1, 0.15) is 36.6 Å². The van der Waals surface area contributed by atoms with Crippen LogP contribution in [0.15, 0.2) is 17.4 Å². The summed E-state index contributed by atoms with van der Waals surface area (Å²) in [5, 5.41) is 32.1. The second-order valence-electron chi connectivity index (χ2n) is 9.99. The van der Waals surface area contributed by atoms with Gasteiger partial charge in [-0.05, 0) is 0 Å². The Labute approximate surface area is 254 Å². The van der Waals surface area contributed by atoms with Crippen LogP contribution < -0.4 is 17.0 Å². The van der Waals surface area contributed by atoms with Crippen LogP contribution in [0.2, 0.25) is 0 Å². The molecule has 23 nitrogen and oxygen atoms in total. The lowest BCUT2D eigenvalue weighted by Crippen LogP contribution is -2.36. The molecule has 0 bridgehead atoms. The number of rotatable bonds is 10. The minimum atomic E-state index is -5.20. The van der Waals surface area contributed by atoms with Gasteiger partial charge in [0.25, 0.3) is 5.56 Å². The summed E-state index contributed by atoms with van der Waals surface area (Å²) in [6.45, 7) is -1.52. The molecule has 2 fully saturated rings. The van der Waals surface area contributed by atoms with Crippen LogP contribution >= 0.6 is 16.1 Å². The summed E-state index contributed by atoms with van der Waals surface area (Å²) in [6, 6.07) is 0. The van der Waals surface area contributed by atoms with E-state index in [0.717, 1.165) is 21.8 Å². The minimum absolute atomic E-state index is 0.0186. The molecule has 2 aliphatic heterocycles. The van der Waals surface area contributed by atoms with Crippen LogP contribution in [0.3, 0.4) is 0 Å². The molecule has 46 heavy (non-hydrogen) atoms. The van der Waals surface area contributed by atoms with E-state index in [9.17, 15) is 38.5 Å². The lowest BCUT2D eigenvalue weighted by molar-refractivity contribution is -0.0609. The fourth-order valence-electron chi connectivity index (χ4n) is 5.02. The average Bonchev–Trinajstić information content (AvgIpc) is 3.72. The second kappa shape index (κ2) is 12.3. The largest absolute Gasteiger partial charge is 0.472 e. The molecule has 2 aliphatic rings. The number of H-pyrrole nitrogens is 1. The molecule has 6 rings (SSSR count). The Morgan fingerprint density at radius 2 is 1.61 bits per heavy atom. The van der Waals surface area contributed by atoms with Crippen molar-refractivity contribution in [3.8, 4) is 0 Å². The highest BCUT2D eigenvalue weighted by Gasteiger charge is 2.51. The monoisotopic (exact) mass is 694 g/mol. The summed E-state index contributed by atoms with van der Waals surface area (Å²) in [7, 11) is -8.68. The van der Waals surface area contributed by atoms with Crippen molar-refractivity contribution in [2.75, 3.05) is 24.7 Å². The van der Waals surface area contributed by atoms with E-state index in [1.54, 1.807) is 0 Å². The van der Waals surface area contributed by atoms with E-state index in [1.165, 1.54) is 0 Å². The second-order valence-corrected chi connectivity index (χ2v) is 12.2. The van der Waals surface area contributed by atoms with Gasteiger partial charge in [0.15, 0.2) is 40.6 Å². The van der Waals surface area contributed by atoms with Crippen molar-refractivity contribution in [2.24, 2.45) is 0 Å². The lowest BCUT2D eigenvalue weighted by Gasteiger charge is -2.25. The lowest BCUT2D eigenvalue weighted by atomic mass is 10.1. The highest BCUT2D eigenvalue weighted by atomic mass is 31.2. The smallest absolute Gasteiger partial charge is 0.387 e. The predicted octanol–water partition coefficient (Wildman–Crippen LogP) is -2.96. The number of hydrogen-bond donors (Lipinski definition) is 8. The average molecular weight is 694 g/mol. The van der Waals surface area contributed by atoms with Crippen molar-refractivity contribution in [2.45, 2.75) is 49.1 Å². The molecular weight excluding hydrogens is 669 g/mol. The summed E-state index contributed by atoms with van der Waals surface area (Å²) in [5.41, 5.74) is 9.98. The van der Waals surface area contributed by atoms with Gasteiger partial charge in [0, 0.05) is 0 Å². The molecule has 0 amide bonds. The number of aliphatic hydroxyl groups excluding tert-OH is 3. The summed E-state index contributed by atoms with van der Waals surface area (Å²) >= 11 is 0. The van der Waals surface area contributed by atoms with E-state index in [2.05, 4.69) is 34.4 Å². The first kappa shape index (κ1) is 32.4. The van der Waals surface area contributed by atoms with Crippen LogP contribution in [-0.2, 0) is 32.2 Å². The number of nitrogens with zero attached hydrogens (tertiary/aromatic N) is 7. The summed E-state index contributed by atoms with van der Waals surface area (Å²) in [4.78, 5) is 52.9. The van der Waals surface area contributed by atoms with Gasteiger partial charge in [0.05, 0.1) is 25.9 Å². The van der Waals surface area contributed by atoms with Gasteiger partial charge in [-0.15, -0.1) is 0 Å². The highest BCUT2D eigenvalue weighted by molar-refractivity contribution is 7.47. The third-order valence-corrected chi connectivity index (χ3v) is 8.50. The van der Waals surface area contributed by atoms with Crippen LogP contribution in [0.4, 0.5) is 16.2 Å². The van der Waals surface area contributed by atoms with Crippen LogP contribution in [0.5, 0.6) is 0 Å². The number of halogens is 1. The first-order valence-corrected chi connectivity index (χ1v) is 15.7. The zero-order valence-electron chi connectivity index (χ0n) is 22.8. The summed E-state index contributed by atoms with van der Waals surface area (Å²) in [5.74, 6) is -0.608. The third kappa shape index (κ3) is 6.01. The van der Waals surface area contributed by atoms with Crippen molar-refractivity contribution in [3.63, 3.8) is 0 Å². The number of phosphoric ester groups is 1. The number of aliphatic hydroxyl groups is 3. The predicted molar refractivity (Wildman–Crippen MR) is 146 cm³/mol. The first-order chi connectivity index (χ1) is 21.7. The highest BCUT2D eigenvalue weighted by Crippen LogP contribution is 2.50. The number of nitrogen functional groups attached to an aromatic ring is 2. The van der Waals surface area contributed by atoms with E-state index in [-0.39, 0.29) is 34.1 Å². The molecule has 10 N–H and O–H groups in total. The molecule has 0 spiro atoms. The van der Waals surface area contributed by atoms with Crippen molar-refractivity contribution < 1.29 is 61.7 Å². The van der Waals surface area contributed by atoms with E-state index in [4.69, 9.17) is 34.9 Å². The SMILES string of the molecule is Nc1nc2c(ncn2[C@@H]2O[C@H](CO[PH](=O)O)[C@@H](O)[C@H]2OP(=O)(O)OC[C@H]2O[C@@H](n3cnc4c(N)nc(F)nc43)[C@H](O)[C@@H]2O)c(=O)[nH]1. The quantitative estimate of drug-likeness (QED) is 0.0607. The van der Waals surface area contributed by atoms with Crippen molar-refractivity contribution >= 4 is 50.2 Å². The molecular formula is C20H25FN10O13P2. The van der Waals surface area contributed by atoms with Crippen molar-refractivity contribution in [3.05, 3.63) is 29.1 Å². The number of phosphoric acid groups is 1. The Morgan fingerprint density at radius 1 is 0.978 bits per heavy atom. The molecule has 2 saturated heterocycles. The molecule has 250 valence electrons. The molecule has 4 aromatic heterocycles. The van der Waals surface area contributed by atoms with E-state index in [1.807, 2.05) is 0 Å². The molecule has 0 radical (unpaired) electrons. The number of nitrogens with one attached hydrogen (secondary N) is 1. The van der Waals surface area contributed by atoms with Crippen LogP contribution in [-0.4, -0.2) is 114 Å². The molecule has 2 unspecified atom stereocenters. The van der Waals surface area contributed by atoms with Gasteiger partial charge in [-0.2, -0.15) is 19.3 Å². The number of aromatic amines is 1. The fourth-order valence-corrected chi connectivity index (χ4v) is 6.26. The Balaban J connectivity index is 1.20. The molecule has 6 heterocycles. The van der Waals surface area contributed by atoms with Gasteiger partial charge in [0.2, 0.25) is 5.95 Å². The van der Waals surface area contributed by atoms with Crippen LogP contribution in [0.1, 0.15) is 12.5 Å². The fraction of sp³-hybridized carbons (Fsp3) is 0.500. The number of ether oxygens (including phenoxy) is 2. The summed E-state index contributed by atoms with van der Waals surface area (Å²) in [6.07, 6.45) is -11.9. The van der Waals surface area contributed by atoms with Crippen LogP contribution in [0, 0.1) is 6.08 Å². The molecule has 10 atom stereocenters. The topological polar surface area (TPSA) is 341 Å². The maximum absolute atomic E-state index is 13.8. The zero-order valence-corrected chi connectivity index (χ0v) is 24.7. The number of imidazole rings is 2. The summed E-state index contributed by atoms with van der Waals surface area (Å²) < 4.78 is 66.4. The third-order valence-electron chi connectivity index (χ3n) is 7.10. The Bertz CT molecular complexity index is 1910. The minimum Gasteiger partial charge on any atom is -0.387 e. The van der Waals surface area contributed by atoms with Crippen molar-refractivity contribution in [1.82, 2.24) is 39.0 Å². The number of nitrogens with two attached hydrogens (primary N) is 2. The van der Waals surface area contributed by atoms with Gasteiger partial charge >= 0.3 is 22.2 Å². The first-order valence-electron chi connectivity index (χ1n) is 13.0. The number of aromatic nitrogens is 8. The normalized spacial score (nSPS) is 30.3. The number of hydrogen-bond acceptors (Lipinski definition) is 18. The molecule has 26 heteroatoms. The molecule has 0 aliphatic carbocycles. The standard InChI is InChI=1S/C20H25FN10O13P2/c21-19-26-13(22)7-14(27-19)30(3-24-7)17-11(34)9(32)6(42-17)2-41-46(38,39)44-12-10(33)5(1-40-45(36)37)43-18(12)31-4-25-8-15(31)28-20(23)29-16(8)35/h3-6,9-12,17-18,32-34,45H,1-2H2,(H,36,37)(H,38,39)(H2,22,26,27)(H3,23,28,29,35)/t5-,6-,9-,10-,11-,12-,17-,18-/m1/s1. The van der Waals surface area contributed by atoms with E-state index in [0.29, 0.717) is 0 Å². The zero-order chi connectivity index (χ0) is 33.1. The molecule has 0 aromatic carbocycles. The Hall–Kier alpha value is -3.51. The maximum atomic E-state index is 13.8. The van der Waals surface area contributed by atoms with Crippen molar-refractivity contribution in [1.29, 1.82) is 0 Å². The maximum Gasteiger partial charge on any atom is 0.472 e.